The van der Waals surface area contributed by atoms with Gasteiger partial charge in [-0.05, 0) is 48.6 Å². The zero-order valence-corrected chi connectivity index (χ0v) is 21.6. The maximum atomic E-state index is 15.6. The number of pyridine rings is 2. The summed E-state index contributed by atoms with van der Waals surface area (Å²) in [6.07, 6.45) is 6.93. The number of nitrogens with one attached hydrogen (secondary N) is 2. The predicted molar refractivity (Wildman–Crippen MR) is 147 cm³/mol. The van der Waals surface area contributed by atoms with Gasteiger partial charge < -0.3 is 10.6 Å². The van der Waals surface area contributed by atoms with Gasteiger partial charge in [-0.25, -0.2) is 14.1 Å². The Balaban J connectivity index is 1.46. The lowest BCUT2D eigenvalue weighted by atomic mass is 10.0. The van der Waals surface area contributed by atoms with Crippen LogP contribution in [0.3, 0.4) is 0 Å². The average molecular weight is 538 g/mol. The Kier molecular flexibility index (Phi) is 6.46. The number of aromatic nitrogens is 5. The van der Waals surface area contributed by atoms with Gasteiger partial charge in [-0.15, -0.1) is 5.10 Å². The molecular weight excluding hydrogens is 510 g/mol. The van der Waals surface area contributed by atoms with Crippen molar-refractivity contribution in [1.29, 1.82) is 5.26 Å². The number of hydrogen-bond donors (Lipinski definition) is 2. The molecule has 40 heavy (non-hydrogen) atoms. The van der Waals surface area contributed by atoms with E-state index in [2.05, 4.69) is 37.0 Å². The van der Waals surface area contributed by atoms with Crippen molar-refractivity contribution >= 4 is 22.3 Å². The van der Waals surface area contributed by atoms with Crippen LogP contribution in [-0.4, -0.2) is 25.0 Å². The molecule has 0 saturated heterocycles. The van der Waals surface area contributed by atoms with Crippen molar-refractivity contribution in [3.63, 3.8) is 0 Å². The number of benzene rings is 2. The number of fused-ring (bicyclic) bond motifs is 1. The molecule has 8 nitrogen and oxygen atoms in total. The van der Waals surface area contributed by atoms with E-state index >= 15 is 4.39 Å². The van der Waals surface area contributed by atoms with Crippen molar-refractivity contribution in [2.24, 2.45) is 0 Å². The summed E-state index contributed by atoms with van der Waals surface area (Å²) in [4.78, 5) is 7.95. The predicted octanol–water partition coefficient (Wildman–Crippen LogP) is 6.47. The van der Waals surface area contributed by atoms with Crippen molar-refractivity contribution in [2.75, 3.05) is 10.6 Å². The third-order valence-electron chi connectivity index (χ3n) is 6.95. The van der Waals surface area contributed by atoms with Crippen LogP contribution in [0.4, 0.5) is 20.2 Å². The molecule has 3 aromatic heterocycles. The minimum atomic E-state index is -1.78. The summed E-state index contributed by atoms with van der Waals surface area (Å²) in [5, 5.41) is 25.2. The molecule has 1 aliphatic carbocycles. The van der Waals surface area contributed by atoms with Gasteiger partial charge in [0, 0.05) is 23.5 Å². The fourth-order valence-electron chi connectivity index (χ4n) is 4.71. The summed E-state index contributed by atoms with van der Waals surface area (Å²) >= 11 is 0. The number of halogens is 2. The Morgan fingerprint density at radius 2 is 1.90 bits per heavy atom. The van der Waals surface area contributed by atoms with Gasteiger partial charge in [0.05, 0.1) is 36.9 Å². The number of hydrogen-bond acceptors (Lipinski definition) is 7. The molecular formula is C30H26F2N8. The van der Waals surface area contributed by atoms with Gasteiger partial charge in [-0.1, -0.05) is 48.5 Å². The monoisotopic (exact) mass is 537 g/mol. The molecule has 0 spiro atoms. The molecule has 2 aromatic carbocycles. The highest BCUT2D eigenvalue weighted by Gasteiger charge is 2.27. The van der Waals surface area contributed by atoms with Gasteiger partial charge >= 0.3 is 0 Å². The van der Waals surface area contributed by atoms with Crippen molar-refractivity contribution in [3.8, 4) is 6.07 Å². The van der Waals surface area contributed by atoms with E-state index in [-0.39, 0.29) is 34.5 Å². The first-order valence-corrected chi connectivity index (χ1v) is 13.1. The molecule has 0 unspecified atom stereocenters. The van der Waals surface area contributed by atoms with Gasteiger partial charge in [0.2, 0.25) is 5.95 Å². The number of nitriles is 1. The van der Waals surface area contributed by atoms with E-state index in [0.717, 1.165) is 24.5 Å². The molecule has 2 N–H and O–H groups in total. The van der Waals surface area contributed by atoms with Crippen LogP contribution in [0.15, 0.2) is 73.2 Å². The van der Waals surface area contributed by atoms with Crippen LogP contribution < -0.4 is 10.6 Å². The molecule has 3 heterocycles. The van der Waals surface area contributed by atoms with Crippen LogP contribution in [-0.2, 0) is 0 Å². The van der Waals surface area contributed by atoms with Crippen LogP contribution in [0.25, 0.3) is 10.9 Å². The van der Waals surface area contributed by atoms with Gasteiger partial charge in [0.15, 0.2) is 5.82 Å². The summed E-state index contributed by atoms with van der Waals surface area (Å²) < 4.78 is 40.5. The molecule has 5 aromatic rings. The van der Waals surface area contributed by atoms with E-state index in [1.165, 1.54) is 24.5 Å². The Morgan fingerprint density at radius 1 is 1.07 bits per heavy atom. The van der Waals surface area contributed by atoms with Crippen LogP contribution in [0.5, 0.6) is 0 Å². The SMILES string of the molecule is [2H][C@](Nc1cc(F)c2ncc(C#N)c(N[C@H](CC)c3ccccc3)c2c1)(c1ccc(F)nc1)c1cn(C2CC2)nn1. The van der Waals surface area contributed by atoms with Crippen molar-refractivity contribution in [1.82, 2.24) is 25.0 Å². The Hall–Kier alpha value is -4.91. The minimum Gasteiger partial charge on any atom is -0.377 e. The first kappa shape index (κ1) is 24.2. The second-order valence-corrected chi connectivity index (χ2v) is 9.71. The smallest absolute Gasteiger partial charge is 0.212 e. The highest BCUT2D eigenvalue weighted by Crippen LogP contribution is 2.37. The van der Waals surface area contributed by atoms with Crippen molar-refractivity contribution in [3.05, 3.63) is 107 Å². The summed E-state index contributed by atoms with van der Waals surface area (Å²) in [6.45, 7) is 2.02. The fourth-order valence-corrected chi connectivity index (χ4v) is 4.71. The average Bonchev–Trinajstić information content (AvgIpc) is 3.72. The first-order chi connectivity index (χ1) is 19.9. The Bertz CT molecular complexity index is 1750. The van der Waals surface area contributed by atoms with E-state index in [1.54, 1.807) is 16.9 Å². The molecule has 1 saturated carbocycles. The molecule has 6 rings (SSSR count). The van der Waals surface area contributed by atoms with Crippen molar-refractivity contribution in [2.45, 2.75) is 44.3 Å². The summed E-state index contributed by atoms with van der Waals surface area (Å²) in [5.74, 6) is -1.32. The van der Waals surface area contributed by atoms with Gasteiger partial charge in [-0.2, -0.15) is 9.65 Å². The van der Waals surface area contributed by atoms with Crippen LogP contribution in [0.2, 0.25) is 0 Å². The summed E-state index contributed by atoms with van der Waals surface area (Å²) in [7, 11) is 0. The van der Waals surface area contributed by atoms with Crippen molar-refractivity contribution < 1.29 is 10.2 Å². The van der Waals surface area contributed by atoms with E-state index in [4.69, 9.17) is 0 Å². The van der Waals surface area contributed by atoms with Gasteiger partial charge in [0.1, 0.15) is 17.3 Å². The fraction of sp³-hybridized carbons (Fsp3) is 0.233. The zero-order chi connectivity index (χ0) is 28.6. The number of nitrogens with zero attached hydrogens (tertiary/aromatic N) is 6. The molecule has 0 radical (unpaired) electrons. The standard InChI is InChI=1S/C30H26F2N8/c1-2-25(18-6-4-3-5-7-18)37-28-20(14-33)16-35-30-23(28)12-21(13-24(30)31)36-29(19-8-11-27(32)34-15-19)26-17-40(39-38-26)22-9-10-22/h3-8,11-13,15-17,22,25,29,36H,2,9-10H2,1H3,(H,35,37)/t25-,29+/m1/s1/i29D. The van der Waals surface area contributed by atoms with Crippen LogP contribution >= 0.6 is 0 Å². The van der Waals surface area contributed by atoms with Crippen LogP contribution in [0, 0.1) is 23.1 Å². The first-order valence-electron chi connectivity index (χ1n) is 13.6. The van der Waals surface area contributed by atoms with Crippen LogP contribution in [0.1, 0.15) is 68.0 Å². The highest BCUT2D eigenvalue weighted by atomic mass is 19.1. The molecule has 2 atom stereocenters. The molecule has 200 valence electrons. The Morgan fingerprint density at radius 3 is 2.60 bits per heavy atom. The lowest BCUT2D eigenvalue weighted by Crippen LogP contribution is -2.14. The zero-order valence-electron chi connectivity index (χ0n) is 22.6. The summed E-state index contributed by atoms with van der Waals surface area (Å²) in [5.41, 5.74) is 2.58. The molecule has 0 aliphatic heterocycles. The maximum absolute atomic E-state index is 15.6. The van der Waals surface area contributed by atoms with E-state index in [0.29, 0.717) is 23.1 Å². The molecule has 1 aliphatic rings. The van der Waals surface area contributed by atoms with E-state index in [1.807, 2.05) is 37.3 Å². The lowest BCUT2D eigenvalue weighted by molar-refractivity contribution is 0.581. The van der Waals surface area contributed by atoms with E-state index in [9.17, 15) is 11.0 Å². The summed E-state index contributed by atoms with van der Waals surface area (Å²) in [6, 6.07) is 15.7. The van der Waals surface area contributed by atoms with Gasteiger partial charge in [0.25, 0.3) is 0 Å². The quantitative estimate of drug-likeness (QED) is 0.208. The number of rotatable bonds is 9. The third kappa shape index (κ3) is 5.06. The number of anilines is 2. The third-order valence-corrected chi connectivity index (χ3v) is 6.95. The second kappa shape index (κ2) is 10.7. The lowest BCUT2D eigenvalue weighted by Gasteiger charge is -2.22. The minimum absolute atomic E-state index is 0.0821. The highest BCUT2D eigenvalue weighted by molar-refractivity contribution is 5.96. The topological polar surface area (TPSA) is 104 Å². The molecule has 0 bridgehead atoms. The van der Waals surface area contributed by atoms with Gasteiger partial charge in [-0.3, -0.25) is 4.98 Å². The molecule has 0 amide bonds. The van der Waals surface area contributed by atoms with E-state index < -0.39 is 17.8 Å². The normalized spacial score (nSPS) is 15.6. The molecule has 1 fully saturated rings. The molecule has 10 heteroatoms. The largest absolute Gasteiger partial charge is 0.377 e. The Labute approximate surface area is 231 Å². The second-order valence-electron chi connectivity index (χ2n) is 9.71. The maximum Gasteiger partial charge on any atom is 0.212 e.